The van der Waals surface area contributed by atoms with Gasteiger partial charge in [-0.05, 0) is 29.8 Å². The lowest BCUT2D eigenvalue weighted by Crippen LogP contribution is -2.11. The number of halogens is 2. The number of hydrogen-bond donors (Lipinski definition) is 0. The third-order valence-electron chi connectivity index (χ3n) is 2.03. The second-order valence-corrected chi connectivity index (χ2v) is 3.71. The predicted molar refractivity (Wildman–Crippen MR) is 58.8 cm³/mol. The molecule has 0 saturated heterocycles. The molecule has 1 heterocycles. The van der Waals surface area contributed by atoms with E-state index in [-0.39, 0.29) is 11.1 Å². The minimum atomic E-state index is -0.309. The van der Waals surface area contributed by atoms with Crippen molar-refractivity contribution in [2.75, 3.05) is 19.0 Å². The summed E-state index contributed by atoms with van der Waals surface area (Å²) in [6.45, 7) is 0. The van der Waals surface area contributed by atoms with Gasteiger partial charge in [0.2, 0.25) is 5.28 Å². The smallest absolute Gasteiger partial charge is 0.224 e. The van der Waals surface area contributed by atoms with Gasteiger partial charge in [-0.15, -0.1) is 0 Å². The largest absolute Gasteiger partial charge is 0.362 e. The molecule has 0 aliphatic rings. The number of hydrogen-bond acceptors (Lipinski definition) is 3. The molecule has 0 radical (unpaired) electrons. The summed E-state index contributed by atoms with van der Waals surface area (Å²) in [5.74, 6) is 0.307. The Morgan fingerprint density at radius 3 is 2.67 bits per heavy atom. The first-order chi connectivity index (χ1) is 7.08. The van der Waals surface area contributed by atoms with E-state index in [4.69, 9.17) is 11.6 Å². The summed E-state index contributed by atoms with van der Waals surface area (Å²) in [4.78, 5) is 9.85. The van der Waals surface area contributed by atoms with Crippen LogP contribution in [0.3, 0.4) is 0 Å². The zero-order chi connectivity index (χ0) is 11.0. The third-order valence-corrected chi connectivity index (χ3v) is 2.20. The van der Waals surface area contributed by atoms with Gasteiger partial charge in [-0.25, -0.2) is 9.37 Å². The molecule has 0 saturated carbocycles. The Morgan fingerprint density at radius 2 is 2.00 bits per heavy atom. The molecule has 5 heteroatoms. The van der Waals surface area contributed by atoms with Gasteiger partial charge >= 0.3 is 0 Å². The van der Waals surface area contributed by atoms with Gasteiger partial charge in [0.25, 0.3) is 0 Å². The first kappa shape index (κ1) is 10.1. The summed E-state index contributed by atoms with van der Waals surface area (Å²) in [6, 6.07) is 4.34. The monoisotopic (exact) mass is 225 g/mol. The van der Waals surface area contributed by atoms with E-state index in [9.17, 15) is 4.39 Å². The average molecular weight is 226 g/mol. The van der Waals surface area contributed by atoms with E-state index in [0.29, 0.717) is 16.7 Å². The molecule has 0 bridgehead atoms. The summed E-state index contributed by atoms with van der Waals surface area (Å²) in [5.41, 5.74) is 0.639. The van der Waals surface area contributed by atoms with E-state index in [0.717, 1.165) is 0 Å². The Morgan fingerprint density at radius 1 is 1.27 bits per heavy atom. The zero-order valence-corrected chi connectivity index (χ0v) is 9.09. The number of anilines is 1. The van der Waals surface area contributed by atoms with E-state index in [2.05, 4.69) is 9.97 Å². The highest BCUT2D eigenvalue weighted by Crippen LogP contribution is 2.24. The maximum Gasteiger partial charge on any atom is 0.224 e. The first-order valence-electron chi connectivity index (χ1n) is 4.38. The van der Waals surface area contributed by atoms with Crippen molar-refractivity contribution in [1.29, 1.82) is 0 Å². The van der Waals surface area contributed by atoms with Crippen LogP contribution < -0.4 is 4.90 Å². The van der Waals surface area contributed by atoms with Crippen LogP contribution >= 0.6 is 11.6 Å². The summed E-state index contributed by atoms with van der Waals surface area (Å²) >= 11 is 5.77. The molecule has 0 aliphatic carbocycles. The fourth-order valence-corrected chi connectivity index (χ4v) is 1.57. The predicted octanol–water partition coefficient (Wildman–Crippen LogP) is 2.49. The molecular weight excluding hydrogens is 217 g/mol. The maximum absolute atomic E-state index is 13.1. The van der Waals surface area contributed by atoms with Gasteiger partial charge in [-0.2, -0.15) is 4.98 Å². The highest BCUT2D eigenvalue weighted by Gasteiger charge is 2.08. The van der Waals surface area contributed by atoms with Crippen molar-refractivity contribution in [2.45, 2.75) is 0 Å². The molecule has 78 valence electrons. The minimum absolute atomic E-state index is 0.165. The van der Waals surface area contributed by atoms with Gasteiger partial charge < -0.3 is 4.90 Å². The van der Waals surface area contributed by atoms with E-state index in [1.807, 2.05) is 14.1 Å². The van der Waals surface area contributed by atoms with Gasteiger partial charge in [0.05, 0.1) is 5.52 Å². The van der Waals surface area contributed by atoms with Crippen LogP contribution in [-0.4, -0.2) is 24.1 Å². The highest BCUT2D eigenvalue weighted by molar-refractivity contribution is 6.28. The second-order valence-electron chi connectivity index (χ2n) is 3.37. The lowest BCUT2D eigenvalue weighted by atomic mass is 10.2. The lowest BCUT2D eigenvalue weighted by molar-refractivity contribution is 0.629. The fourth-order valence-electron chi connectivity index (χ4n) is 1.40. The van der Waals surface area contributed by atoms with Crippen LogP contribution in [0.2, 0.25) is 5.28 Å². The van der Waals surface area contributed by atoms with Crippen LogP contribution in [0, 0.1) is 5.82 Å². The zero-order valence-electron chi connectivity index (χ0n) is 8.33. The van der Waals surface area contributed by atoms with Crippen molar-refractivity contribution >= 4 is 28.3 Å². The molecule has 2 aromatic rings. The Labute approximate surface area is 91.5 Å². The van der Waals surface area contributed by atoms with Crippen molar-refractivity contribution < 1.29 is 4.39 Å². The van der Waals surface area contributed by atoms with Crippen LogP contribution in [0.4, 0.5) is 10.2 Å². The number of aromatic nitrogens is 2. The lowest BCUT2D eigenvalue weighted by Gasteiger charge is -2.13. The van der Waals surface area contributed by atoms with E-state index >= 15 is 0 Å². The molecule has 0 aliphatic heterocycles. The third kappa shape index (κ3) is 1.85. The Kier molecular flexibility index (Phi) is 2.44. The van der Waals surface area contributed by atoms with Gasteiger partial charge in [-0.1, -0.05) is 0 Å². The topological polar surface area (TPSA) is 29.0 Å². The van der Waals surface area contributed by atoms with E-state index in [1.54, 1.807) is 11.0 Å². The molecule has 0 fully saturated rings. The molecule has 0 spiro atoms. The minimum Gasteiger partial charge on any atom is -0.362 e. The van der Waals surface area contributed by atoms with Gasteiger partial charge in [0.15, 0.2) is 0 Å². The second kappa shape index (κ2) is 3.62. The molecule has 1 aromatic heterocycles. The molecule has 0 atom stereocenters. The van der Waals surface area contributed by atoms with Gasteiger partial charge in [0, 0.05) is 19.5 Å². The van der Waals surface area contributed by atoms with E-state index < -0.39 is 0 Å². The van der Waals surface area contributed by atoms with Crippen molar-refractivity contribution in [1.82, 2.24) is 9.97 Å². The van der Waals surface area contributed by atoms with Gasteiger partial charge in [-0.3, -0.25) is 0 Å². The molecule has 3 nitrogen and oxygen atoms in total. The summed E-state index contributed by atoms with van der Waals surface area (Å²) in [5, 5.41) is 0.821. The van der Waals surface area contributed by atoms with Crippen LogP contribution in [-0.2, 0) is 0 Å². The number of nitrogens with zero attached hydrogens (tertiary/aromatic N) is 3. The average Bonchev–Trinajstić information content (AvgIpc) is 2.17. The normalized spacial score (nSPS) is 10.7. The molecule has 2 rings (SSSR count). The highest BCUT2D eigenvalue weighted by atomic mass is 35.5. The van der Waals surface area contributed by atoms with Crippen molar-refractivity contribution in [3.05, 3.63) is 29.3 Å². The van der Waals surface area contributed by atoms with Crippen LogP contribution in [0.5, 0.6) is 0 Å². The maximum atomic E-state index is 13.1. The van der Waals surface area contributed by atoms with Crippen molar-refractivity contribution in [3.63, 3.8) is 0 Å². The van der Waals surface area contributed by atoms with E-state index in [1.165, 1.54) is 12.1 Å². The number of benzene rings is 1. The van der Waals surface area contributed by atoms with Crippen molar-refractivity contribution in [3.8, 4) is 0 Å². The molecule has 0 amide bonds. The molecule has 15 heavy (non-hydrogen) atoms. The Bertz CT molecular complexity index is 513. The molecule has 0 unspecified atom stereocenters. The summed E-state index contributed by atoms with van der Waals surface area (Å²) in [6.07, 6.45) is 0. The van der Waals surface area contributed by atoms with Crippen LogP contribution in [0.1, 0.15) is 0 Å². The van der Waals surface area contributed by atoms with Crippen LogP contribution in [0.15, 0.2) is 18.2 Å². The number of rotatable bonds is 1. The molecular formula is C10H9ClFN3. The molecule has 1 aromatic carbocycles. The Hall–Kier alpha value is -1.42. The quantitative estimate of drug-likeness (QED) is 0.699. The molecule has 0 N–H and O–H groups in total. The SMILES string of the molecule is CN(C)c1nc(Cl)nc2ccc(F)cc12. The fraction of sp³-hybridized carbons (Fsp3) is 0.200. The summed E-state index contributed by atoms with van der Waals surface area (Å²) in [7, 11) is 3.64. The Balaban J connectivity index is 2.81. The summed E-state index contributed by atoms with van der Waals surface area (Å²) < 4.78 is 13.1. The number of fused-ring (bicyclic) bond motifs is 1. The first-order valence-corrected chi connectivity index (χ1v) is 4.76. The standard InChI is InChI=1S/C10H9ClFN3/c1-15(2)9-7-5-6(12)3-4-8(7)13-10(11)14-9/h3-5H,1-2H3. The van der Waals surface area contributed by atoms with Crippen LogP contribution in [0.25, 0.3) is 10.9 Å². The van der Waals surface area contributed by atoms with Gasteiger partial charge in [0.1, 0.15) is 11.6 Å². The van der Waals surface area contributed by atoms with Crippen molar-refractivity contribution in [2.24, 2.45) is 0 Å².